The molecule has 2 aromatic heterocycles. The zero-order valence-electron chi connectivity index (χ0n) is 10.0. The smallest absolute Gasteiger partial charge is 0.134 e. The summed E-state index contributed by atoms with van der Waals surface area (Å²) >= 11 is 1.41. The van der Waals surface area contributed by atoms with Crippen LogP contribution in [0.5, 0.6) is 0 Å². The number of nitrogens with one attached hydrogen (secondary N) is 1. The normalized spacial score (nSPS) is 11.0. The highest BCUT2D eigenvalue weighted by molar-refractivity contribution is 7.10. The molecule has 92 valence electrons. The molecule has 0 aromatic carbocycles. The summed E-state index contributed by atoms with van der Waals surface area (Å²) in [6, 6.07) is 1.97. The Morgan fingerprint density at radius 3 is 3.06 bits per heavy atom. The molecule has 5 nitrogen and oxygen atoms in total. The Hall–Kier alpha value is -1.40. The minimum atomic E-state index is 0.782. The zero-order valence-corrected chi connectivity index (χ0v) is 10.8. The van der Waals surface area contributed by atoms with Crippen molar-refractivity contribution in [1.29, 1.82) is 0 Å². The maximum atomic E-state index is 5.05. The monoisotopic (exact) mass is 252 g/mol. The topological polar surface area (TPSA) is 54.2 Å². The van der Waals surface area contributed by atoms with E-state index < -0.39 is 0 Å². The van der Waals surface area contributed by atoms with E-state index >= 15 is 0 Å². The fourth-order valence-electron chi connectivity index (χ4n) is 1.61. The Morgan fingerprint density at radius 2 is 2.35 bits per heavy atom. The number of hydrogen-bond donors (Lipinski definition) is 1. The van der Waals surface area contributed by atoms with Crippen LogP contribution in [0.1, 0.15) is 18.2 Å². The molecule has 0 spiro atoms. The van der Waals surface area contributed by atoms with Gasteiger partial charge in [-0.3, -0.25) is 4.90 Å². The van der Waals surface area contributed by atoms with Crippen molar-refractivity contribution in [3.63, 3.8) is 0 Å². The Balaban J connectivity index is 1.93. The number of rotatable bonds is 6. The van der Waals surface area contributed by atoms with Crippen molar-refractivity contribution in [3.05, 3.63) is 29.9 Å². The van der Waals surface area contributed by atoms with Crippen molar-refractivity contribution >= 4 is 16.5 Å². The summed E-state index contributed by atoms with van der Waals surface area (Å²) in [7, 11) is 2.06. The van der Waals surface area contributed by atoms with Gasteiger partial charge in [0.2, 0.25) is 0 Å². The SMILES string of the molecule is CCNc1snnc1CN(C)Cc1ccoc1. The fourth-order valence-corrected chi connectivity index (χ4v) is 2.25. The van der Waals surface area contributed by atoms with Crippen LogP contribution < -0.4 is 5.32 Å². The van der Waals surface area contributed by atoms with Gasteiger partial charge in [0.25, 0.3) is 0 Å². The van der Waals surface area contributed by atoms with Gasteiger partial charge in [-0.15, -0.1) is 5.10 Å². The standard InChI is InChI=1S/C11H16N4OS/c1-3-12-11-10(13-14-17-11)7-15(2)6-9-4-5-16-8-9/h4-5,8,12H,3,6-7H2,1-2H3. The highest BCUT2D eigenvalue weighted by Crippen LogP contribution is 2.19. The second-order valence-corrected chi connectivity index (χ2v) is 4.64. The van der Waals surface area contributed by atoms with Crippen LogP contribution in [0.3, 0.4) is 0 Å². The lowest BCUT2D eigenvalue weighted by molar-refractivity contribution is 0.314. The van der Waals surface area contributed by atoms with Crippen LogP contribution in [0.2, 0.25) is 0 Å². The first-order chi connectivity index (χ1) is 8.29. The summed E-state index contributed by atoms with van der Waals surface area (Å²) in [5, 5.41) is 8.48. The van der Waals surface area contributed by atoms with Crippen LogP contribution in [0.25, 0.3) is 0 Å². The van der Waals surface area contributed by atoms with Gasteiger partial charge in [-0.05, 0) is 20.0 Å². The van der Waals surface area contributed by atoms with Gasteiger partial charge in [-0.2, -0.15) is 0 Å². The molecule has 2 aromatic rings. The molecule has 2 heterocycles. The summed E-state index contributed by atoms with van der Waals surface area (Å²) in [6.45, 7) is 4.59. The molecule has 0 amide bonds. The Labute approximate surface area is 105 Å². The van der Waals surface area contributed by atoms with Gasteiger partial charge in [0.05, 0.1) is 12.5 Å². The molecule has 0 aliphatic rings. The third kappa shape index (κ3) is 3.28. The van der Waals surface area contributed by atoms with Crippen molar-refractivity contribution in [1.82, 2.24) is 14.5 Å². The fraction of sp³-hybridized carbons (Fsp3) is 0.455. The highest BCUT2D eigenvalue weighted by Gasteiger charge is 2.10. The van der Waals surface area contributed by atoms with E-state index in [4.69, 9.17) is 4.42 Å². The maximum absolute atomic E-state index is 5.05. The molecule has 0 fully saturated rings. The molecule has 0 aliphatic heterocycles. The van der Waals surface area contributed by atoms with Crippen molar-refractivity contribution < 1.29 is 4.42 Å². The van der Waals surface area contributed by atoms with E-state index in [9.17, 15) is 0 Å². The lowest BCUT2D eigenvalue weighted by Gasteiger charge is -2.14. The summed E-state index contributed by atoms with van der Waals surface area (Å²) in [5.41, 5.74) is 2.17. The molecule has 6 heteroatoms. The molecule has 0 bridgehead atoms. The van der Waals surface area contributed by atoms with Crippen LogP contribution in [0.4, 0.5) is 5.00 Å². The molecule has 0 unspecified atom stereocenters. The maximum Gasteiger partial charge on any atom is 0.134 e. The Morgan fingerprint density at radius 1 is 1.47 bits per heavy atom. The van der Waals surface area contributed by atoms with E-state index in [0.717, 1.165) is 30.3 Å². The van der Waals surface area contributed by atoms with E-state index in [-0.39, 0.29) is 0 Å². The molecule has 0 atom stereocenters. The summed E-state index contributed by atoms with van der Waals surface area (Å²) in [5.74, 6) is 0. The summed E-state index contributed by atoms with van der Waals surface area (Å²) in [6.07, 6.45) is 3.46. The van der Waals surface area contributed by atoms with E-state index in [1.54, 1.807) is 12.5 Å². The Kier molecular flexibility index (Phi) is 4.11. The van der Waals surface area contributed by atoms with Gasteiger partial charge >= 0.3 is 0 Å². The van der Waals surface area contributed by atoms with Gasteiger partial charge in [0.1, 0.15) is 10.7 Å². The molecule has 2 rings (SSSR count). The molecular formula is C11H16N4OS. The van der Waals surface area contributed by atoms with Crippen LogP contribution >= 0.6 is 11.5 Å². The van der Waals surface area contributed by atoms with Crippen molar-refractivity contribution in [2.45, 2.75) is 20.0 Å². The second kappa shape index (κ2) is 5.79. The van der Waals surface area contributed by atoms with Crippen molar-refractivity contribution in [2.75, 3.05) is 18.9 Å². The first-order valence-corrected chi connectivity index (χ1v) is 6.31. The van der Waals surface area contributed by atoms with Crippen LogP contribution in [-0.2, 0) is 13.1 Å². The number of aromatic nitrogens is 2. The Bertz CT molecular complexity index is 440. The average molecular weight is 252 g/mol. The summed E-state index contributed by atoms with van der Waals surface area (Å²) < 4.78 is 9.02. The summed E-state index contributed by atoms with van der Waals surface area (Å²) in [4.78, 5) is 2.18. The molecule has 0 radical (unpaired) electrons. The van der Waals surface area contributed by atoms with Gasteiger partial charge in [-0.25, -0.2) is 0 Å². The second-order valence-electron chi connectivity index (χ2n) is 3.88. The van der Waals surface area contributed by atoms with Crippen LogP contribution in [-0.4, -0.2) is 28.1 Å². The third-order valence-corrected chi connectivity index (χ3v) is 3.07. The predicted octanol–water partition coefficient (Wildman–Crippen LogP) is 2.19. The van der Waals surface area contributed by atoms with Crippen LogP contribution in [0.15, 0.2) is 23.0 Å². The molecule has 0 saturated heterocycles. The third-order valence-electron chi connectivity index (χ3n) is 2.35. The average Bonchev–Trinajstić information content (AvgIpc) is 2.92. The quantitative estimate of drug-likeness (QED) is 0.854. The van der Waals surface area contributed by atoms with Crippen LogP contribution in [0, 0.1) is 0 Å². The highest BCUT2D eigenvalue weighted by atomic mass is 32.1. The van der Waals surface area contributed by atoms with E-state index in [1.807, 2.05) is 6.07 Å². The zero-order chi connectivity index (χ0) is 12.1. The number of hydrogen-bond acceptors (Lipinski definition) is 6. The molecule has 17 heavy (non-hydrogen) atoms. The number of nitrogens with zero attached hydrogens (tertiary/aromatic N) is 3. The number of furan rings is 1. The van der Waals surface area contributed by atoms with E-state index in [0.29, 0.717) is 0 Å². The molecule has 0 saturated carbocycles. The van der Waals surface area contributed by atoms with Crippen molar-refractivity contribution in [3.8, 4) is 0 Å². The van der Waals surface area contributed by atoms with E-state index in [1.165, 1.54) is 17.1 Å². The van der Waals surface area contributed by atoms with Gasteiger partial charge < -0.3 is 9.73 Å². The lowest BCUT2D eigenvalue weighted by atomic mass is 10.3. The van der Waals surface area contributed by atoms with Gasteiger partial charge in [-0.1, -0.05) is 4.49 Å². The minimum absolute atomic E-state index is 0.782. The van der Waals surface area contributed by atoms with Gasteiger partial charge in [0.15, 0.2) is 0 Å². The predicted molar refractivity (Wildman–Crippen MR) is 68.0 cm³/mol. The van der Waals surface area contributed by atoms with Crippen molar-refractivity contribution in [2.24, 2.45) is 0 Å². The molecule has 1 N–H and O–H groups in total. The van der Waals surface area contributed by atoms with E-state index in [2.05, 4.69) is 33.8 Å². The minimum Gasteiger partial charge on any atom is -0.472 e. The molecule has 0 aliphatic carbocycles. The largest absolute Gasteiger partial charge is 0.472 e. The lowest BCUT2D eigenvalue weighted by Crippen LogP contribution is -2.18. The first kappa shape index (κ1) is 12.1. The molecular weight excluding hydrogens is 236 g/mol. The first-order valence-electron chi connectivity index (χ1n) is 5.54. The van der Waals surface area contributed by atoms with Gasteiger partial charge in [0, 0.05) is 36.7 Å². The number of anilines is 1.